The highest BCUT2D eigenvalue weighted by molar-refractivity contribution is 4.97. The van der Waals surface area contributed by atoms with Crippen LogP contribution in [-0.2, 0) is 0 Å². The first kappa shape index (κ1) is 12.0. The molecule has 0 bridgehead atoms. The predicted molar refractivity (Wildman–Crippen MR) is 72.1 cm³/mol. The van der Waals surface area contributed by atoms with Gasteiger partial charge in [0.05, 0.1) is 0 Å². The third-order valence-corrected chi connectivity index (χ3v) is 4.97. The van der Waals surface area contributed by atoms with Crippen molar-refractivity contribution in [1.29, 1.82) is 0 Å². The molecule has 1 saturated heterocycles. The number of nitrogens with zero attached hydrogens (tertiary/aromatic N) is 1. The highest BCUT2D eigenvalue weighted by Gasteiger charge is 2.41. The monoisotopic (exact) mass is 236 g/mol. The van der Waals surface area contributed by atoms with Gasteiger partial charge in [-0.1, -0.05) is 20.3 Å². The molecule has 3 aliphatic rings. The van der Waals surface area contributed by atoms with Crippen LogP contribution in [0.3, 0.4) is 0 Å². The van der Waals surface area contributed by atoms with Gasteiger partial charge < -0.3 is 5.32 Å². The standard InChI is InChI=1S/C15H28N2/c1-11(2)9-17(13-6-7-13)10-15-14-5-3-4-12(14)8-16-15/h11-16H,3-10H2,1-2H3. The van der Waals surface area contributed by atoms with Gasteiger partial charge in [-0.05, 0) is 50.0 Å². The second-order valence-electron chi connectivity index (χ2n) is 6.95. The Hall–Kier alpha value is -0.0800. The molecule has 0 spiro atoms. The molecule has 3 fully saturated rings. The molecule has 3 rings (SSSR count). The van der Waals surface area contributed by atoms with Crippen LogP contribution in [0.5, 0.6) is 0 Å². The molecule has 1 heterocycles. The summed E-state index contributed by atoms with van der Waals surface area (Å²) in [6, 6.07) is 1.74. The summed E-state index contributed by atoms with van der Waals surface area (Å²) in [7, 11) is 0. The molecule has 98 valence electrons. The summed E-state index contributed by atoms with van der Waals surface area (Å²) in [6.07, 6.45) is 7.37. The molecule has 0 aromatic rings. The first-order valence-electron chi connectivity index (χ1n) is 7.71. The van der Waals surface area contributed by atoms with Crippen LogP contribution in [0, 0.1) is 17.8 Å². The van der Waals surface area contributed by atoms with Gasteiger partial charge in [-0.15, -0.1) is 0 Å². The van der Waals surface area contributed by atoms with E-state index < -0.39 is 0 Å². The van der Waals surface area contributed by atoms with Crippen LogP contribution in [0.15, 0.2) is 0 Å². The maximum atomic E-state index is 3.80. The highest BCUT2D eigenvalue weighted by atomic mass is 15.2. The van der Waals surface area contributed by atoms with Crippen molar-refractivity contribution in [1.82, 2.24) is 10.2 Å². The van der Waals surface area contributed by atoms with Crippen LogP contribution in [0.2, 0.25) is 0 Å². The minimum atomic E-state index is 0.807. The minimum Gasteiger partial charge on any atom is -0.312 e. The normalized spacial score (nSPS) is 37.1. The fourth-order valence-electron chi connectivity index (χ4n) is 4.04. The van der Waals surface area contributed by atoms with Crippen molar-refractivity contribution in [3.05, 3.63) is 0 Å². The van der Waals surface area contributed by atoms with Crippen molar-refractivity contribution in [3.8, 4) is 0 Å². The van der Waals surface area contributed by atoms with Gasteiger partial charge in [-0.3, -0.25) is 4.90 Å². The molecule has 1 aliphatic heterocycles. The fourth-order valence-corrected chi connectivity index (χ4v) is 4.04. The Kier molecular flexibility index (Phi) is 3.45. The molecule has 0 amide bonds. The van der Waals surface area contributed by atoms with E-state index >= 15 is 0 Å². The molecule has 2 saturated carbocycles. The molecule has 2 heteroatoms. The van der Waals surface area contributed by atoms with Crippen LogP contribution in [0.25, 0.3) is 0 Å². The van der Waals surface area contributed by atoms with Crippen LogP contribution >= 0.6 is 0 Å². The molecule has 0 radical (unpaired) electrons. The van der Waals surface area contributed by atoms with Crippen molar-refractivity contribution in [2.24, 2.45) is 17.8 Å². The third kappa shape index (κ3) is 2.68. The molecular weight excluding hydrogens is 208 g/mol. The van der Waals surface area contributed by atoms with E-state index in [1.165, 1.54) is 51.7 Å². The maximum Gasteiger partial charge on any atom is 0.0226 e. The number of nitrogens with one attached hydrogen (secondary N) is 1. The number of hydrogen-bond donors (Lipinski definition) is 1. The Morgan fingerprint density at radius 3 is 2.71 bits per heavy atom. The van der Waals surface area contributed by atoms with E-state index in [0.29, 0.717) is 0 Å². The summed E-state index contributed by atoms with van der Waals surface area (Å²) in [5.74, 6) is 2.83. The molecule has 3 unspecified atom stereocenters. The van der Waals surface area contributed by atoms with Gasteiger partial charge in [0, 0.05) is 25.2 Å². The van der Waals surface area contributed by atoms with E-state index in [1.807, 2.05) is 0 Å². The zero-order valence-electron chi connectivity index (χ0n) is 11.5. The second kappa shape index (κ2) is 4.89. The number of fused-ring (bicyclic) bond motifs is 1. The van der Waals surface area contributed by atoms with Crippen molar-refractivity contribution in [2.75, 3.05) is 19.6 Å². The summed E-state index contributed by atoms with van der Waals surface area (Å²) in [5.41, 5.74) is 0. The first-order chi connectivity index (χ1) is 8.24. The summed E-state index contributed by atoms with van der Waals surface area (Å²) >= 11 is 0. The fraction of sp³-hybridized carbons (Fsp3) is 1.00. The molecule has 1 N–H and O–H groups in total. The second-order valence-corrected chi connectivity index (χ2v) is 6.95. The Balaban J connectivity index is 1.56. The summed E-state index contributed by atoms with van der Waals surface area (Å²) in [5, 5.41) is 3.80. The van der Waals surface area contributed by atoms with E-state index in [1.54, 1.807) is 0 Å². The Bertz CT molecular complexity index is 260. The predicted octanol–water partition coefficient (Wildman–Crippen LogP) is 2.49. The number of hydrogen-bond acceptors (Lipinski definition) is 2. The van der Waals surface area contributed by atoms with Crippen LogP contribution in [-0.4, -0.2) is 36.6 Å². The van der Waals surface area contributed by atoms with Crippen molar-refractivity contribution in [3.63, 3.8) is 0 Å². The summed E-state index contributed by atoms with van der Waals surface area (Å²) in [4.78, 5) is 2.78. The Morgan fingerprint density at radius 1 is 1.18 bits per heavy atom. The molecular formula is C15H28N2. The summed E-state index contributed by atoms with van der Waals surface area (Å²) in [6.45, 7) is 8.64. The van der Waals surface area contributed by atoms with Gasteiger partial charge in [0.25, 0.3) is 0 Å². The van der Waals surface area contributed by atoms with Gasteiger partial charge in [0.15, 0.2) is 0 Å². The number of rotatable bonds is 5. The first-order valence-corrected chi connectivity index (χ1v) is 7.71. The molecule has 2 aliphatic carbocycles. The highest BCUT2D eigenvalue weighted by Crippen LogP contribution is 2.39. The zero-order chi connectivity index (χ0) is 11.8. The summed E-state index contributed by atoms with van der Waals surface area (Å²) < 4.78 is 0. The Labute approximate surface area is 106 Å². The third-order valence-electron chi connectivity index (χ3n) is 4.97. The van der Waals surface area contributed by atoms with Crippen LogP contribution in [0.4, 0.5) is 0 Å². The Morgan fingerprint density at radius 2 is 2.00 bits per heavy atom. The maximum absolute atomic E-state index is 3.80. The van der Waals surface area contributed by atoms with Gasteiger partial charge in [-0.2, -0.15) is 0 Å². The van der Waals surface area contributed by atoms with E-state index in [0.717, 1.165) is 29.8 Å². The lowest BCUT2D eigenvalue weighted by Gasteiger charge is -2.29. The minimum absolute atomic E-state index is 0.807. The van der Waals surface area contributed by atoms with Crippen LogP contribution in [0.1, 0.15) is 46.0 Å². The molecule has 3 atom stereocenters. The van der Waals surface area contributed by atoms with E-state index in [-0.39, 0.29) is 0 Å². The average Bonchev–Trinajstić information content (AvgIpc) is 2.89. The lowest BCUT2D eigenvalue weighted by molar-refractivity contribution is 0.197. The SMILES string of the molecule is CC(C)CN(CC1NCC2CCCC21)C1CC1. The largest absolute Gasteiger partial charge is 0.312 e. The zero-order valence-corrected chi connectivity index (χ0v) is 11.5. The van der Waals surface area contributed by atoms with E-state index in [9.17, 15) is 0 Å². The van der Waals surface area contributed by atoms with Gasteiger partial charge in [0.2, 0.25) is 0 Å². The quantitative estimate of drug-likeness (QED) is 0.789. The van der Waals surface area contributed by atoms with Gasteiger partial charge >= 0.3 is 0 Å². The molecule has 0 aromatic carbocycles. The molecule has 17 heavy (non-hydrogen) atoms. The van der Waals surface area contributed by atoms with Crippen molar-refractivity contribution in [2.45, 2.75) is 58.0 Å². The van der Waals surface area contributed by atoms with E-state index in [4.69, 9.17) is 0 Å². The van der Waals surface area contributed by atoms with Gasteiger partial charge in [-0.25, -0.2) is 0 Å². The lowest BCUT2D eigenvalue weighted by Crippen LogP contribution is -2.43. The van der Waals surface area contributed by atoms with Crippen molar-refractivity contribution < 1.29 is 0 Å². The smallest absolute Gasteiger partial charge is 0.0226 e. The molecule has 2 nitrogen and oxygen atoms in total. The topological polar surface area (TPSA) is 15.3 Å². The molecule has 0 aromatic heterocycles. The van der Waals surface area contributed by atoms with Crippen LogP contribution < -0.4 is 5.32 Å². The van der Waals surface area contributed by atoms with Crippen molar-refractivity contribution >= 4 is 0 Å². The van der Waals surface area contributed by atoms with Gasteiger partial charge in [0.1, 0.15) is 0 Å². The average molecular weight is 236 g/mol. The van der Waals surface area contributed by atoms with E-state index in [2.05, 4.69) is 24.1 Å². The lowest BCUT2D eigenvalue weighted by atomic mass is 9.93.